The van der Waals surface area contributed by atoms with Gasteiger partial charge in [-0.1, -0.05) is 23.2 Å². The molecule has 20 heavy (non-hydrogen) atoms. The van der Waals surface area contributed by atoms with Gasteiger partial charge < -0.3 is 14.4 Å². The molecule has 5 nitrogen and oxygen atoms in total. The number of methoxy groups -OCH3 is 1. The van der Waals surface area contributed by atoms with Gasteiger partial charge in [0.1, 0.15) is 5.75 Å². The van der Waals surface area contributed by atoms with Crippen molar-refractivity contribution in [3.05, 3.63) is 34.4 Å². The summed E-state index contributed by atoms with van der Waals surface area (Å²) in [6, 6.07) is 4.96. The Bertz CT molecular complexity index is 621. The summed E-state index contributed by atoms with van der Waals surface area (Å²) in [5.74, 6) is 1.77. The lowest BCUT2D eigenvalue weighted by atomic mass is 10.3. The number of rotatable bonds is 4. The van der Waals surface area contributed by atoms with Gasteiger partial charge in [0, 0.05) is 20.2 Å². The zero-order valence-electron chi connectivity index (χ0n) is 11.2. The zero-order valence-corrected chi connectivity index (χ0v) is 12.7. The summed E-state index contributed by atoms with van der Waals surface area (Å²) in [6.07, 6.45) is 1.55. The SMILES string of the molecule is COc1cnc(N(C)C)nc1Oc1ccc(Cl)c(Cl)c1. The van der Waals surface area contributed by atoms with Crippen LogP contribution in [-0.2, 0) is 0 Å². The number of halogens is 2. The third kappa shape index (κ3) is 3.23. The molecule has 0 aliphatic rings. The van der Waals surface area contributed by atoms with Crippen molar-refractivity contribution < 1.29 is 9.47 Å². The highest BCUT2D eigenvalue weighted by Crippen LogP contribution is 2.33. The van der Waals surface area contributed by atoms with E-state index in [0.717, 1.165) is 0 Å². The fourth-order valence-corrected chi connectivity index (χ4v) is 1.72. The Morgan fingerprint density at radius 1 is 1.15 bits per heavy atom. The molecule has 0 radical (unpaired) electrons. The van der Waals surface area contributed by atoms with Crippen LogP contribution in [0.1, 0.15) is 0 Å². The average Bonchev–Trinajstić information content (AvgIpc) is 2.42. The molecule has 0 fully saturated rings. The smallest absolute Gasteiger partial charge is 0.267 e. The summed E-state index contributed by atoms with van der Waals surface area (Å²) in [5.41, 5.74) is 0. The Hall–Kier alpha value is -1.72. The number of aromatic nitrogens is 2. The molecule has 1 aromatic carbocycles. The van der Waals surface area contributed by atoms with E-state index in [9.17, 15) is 0 Å². The maximum Gasteiger partial charge on any atom is 0.267 e. The molecule has 2 rings (SSSR count). The van der Waals surface area contributed by atoms with Crippen molar-refractivity contribution in [2.45, 2.75) is 0 Å². The second-order valence-electron chi connectivity index (χ2n) is 4.12. The Balaban J connectivity index is 2.35. The third-order valence-electron chi connectivity index (χ3n) is 2.44. The fourth-order valence-electron chi connectivity index (χ4n) is 1.43. The number of benzene rings is 1. The van der Waals surface area contributed by atoms with Crippen LogP contribution in [0, 0.1) is 0 Å². The molecule has 0 unspecified atom stereocenters. The largest absolute Gasteiger partial charge is 0.490 e. The van der Waals surface area contributed by atoms with E-state index in [4.69, 9.17) is 32.7 Å². The summed E-state index contributed by atoms with van der Waals surface area (Å²) in [7, 11) is 5.20. The lowest BCUT2D eigenvalue weighted by Gasteiger charge is -2.14. The van der Waals surface area contributed by atoms with Crippen molar-refractivity contribution in [3.63, 3.8) is 0 Å². The zero-order chi connectivity index (χ0) is 14.7. The van der Waals surface area contributed by atoms with Crippen molar-refractivity contribution in [3.8, 4) is 17.4 Å². The summed E-state index contributed by atoms with van der Waals surface area (Å²) >= 11 is 11.8. The van der Waals surface area contributed by atoms with Crippen LogP contribution >= 0.6 is 23.2 Å². The molecule has 106 valence electrons. The van der Waals surface area contributed by atoms with Gasteiger partial charge in [-0.15, -0.1) is 0 Å². The topological polar surface area (TPSA) is 47.5 Å². The van der Waals surface area contributed by atoms with Crippen LogP contribution in [0.25, 0.3) is 0 Å². The van der Waals surface area contributed by atoms with Crippen LogP contribution in [0.4, 0.5) is 5.95 Å². The van der Waals surface area contributed by atoms with Crippen LogP contribution < -0.4 is 14.4 Å². The van der Waals surface area contributed by atoms with E-state index >= 15 is 0 Å². The molecule has 1 heterocycles. The minimum atomic E-state index is 0.310. The Labute approximate surface area is 127 Å². The standard InChI is InChI=1S/C13H13Cl2N3O2/c1-18(2)13-16-7-11(19-3)12(17-13)20-8-4-5-9(14)10(15)6-8/h4-7H,1-3H3. The van der Waals surface area contributed by atoms with E-state index in [-0.39, 0.29) is 0 Å². The van der Waals surface area contributed by atoms with Gasteiger partial charge in [-0.2, -0.15) is 4.98 Å². The van der Waals surface area contributed by atoms with E-state index in [1.807, 2.05) is 14.1 Å². The Kier molecular flexibility index (Phi) is 4.52. The van der Waals surface area contributed by atoms with Crippen molar-refractivity contribution in [1.82, 2.24) is 9.97 Å². The number of hydrogen-bond acceptors (Lipinski definition) is 5. The molecule has 0 aliphatic carbocycles. The highest BCUT2D eigenvalue weighted by molar-refractivity contribution is 6.42. The van der Waals surface area contributed by atoms with Gasteiger partial charge in [0.2, 0.25) is 5.95 Å². The molecule has 7 heteroatoms. The maximum absolute atomic E-state index is 5.95. The van der Waals surface area contributed by atoms with Crippen molar-refractivity contribution in [2.75, 3.05) is 26.1 Å². The molecule has 0 atom stereocenters. The summed E-state index contributed by atoms with van der Waals surface area (Å²) in [5, 5.41) is 0.868. The van der Waals surface area contributed by atoms with E-state index in [2.05, 4.69) is 9.97 Å². The third-order valence-corrected chi connectivity index (χ3v) is 3.17. The lowest BCUT2D eigenvalue weighted by molar-refractivity contribution is 0.367. The second-order valence-corrected chi connectivity index (χ2v) is 4.93. The van der Waals surface area contributed by atoms with Gasteiger partial charge in [-0.3, -0.25) is 0 Å². The summed E-state index contributed by atoms with van der Waals surface area (Å²) in [4.78, 5) is 10.2. The van der Waals surface area contributed by atoms with Gasteiger partial charge in [0.25, 0.3) is 5.88 Å². The van der Waals surface area contributed by atoms with Crippen LogP contribution in [0.2, 0.25) is 10.0 Å². The first-order chi connectivity index (χ1) is 9.51. The van der Waals surface area contributed by atoms with Gasteiger partial charge in [0.05, 0.1) is 23.4 Å². The molecule has 0 saturated heterocycles. The van der Waals surface area contributed by atoms with E-state index in [1.165, 1.54) is 7.11 Å². The molecular formula is C13H13Cl2N3O2. The monoisotopic (exact) mass is 313 g/mol. The van der Waals surface area contributed by atoms with Crippen LogP contribution in [0.15, 0.2) is 24.4 Å². The Morgan fingerprint density at radius 3 is 2.50 bits per heavy atom. The van der Waals surface area contributed by atoms with Gasteiger partial charge in [-0.25, -0.2) is 4.98 Å². The predicted octanol–water partition coefficient (Wildman–Crippen LogP) is 3.65. The van der Waals surface area contributed by atoms with Gasteiger partial charge in [-0.05, 0) is 12.1 Å². The van der Waals surface area contributed by atoms with Crippen LogP contribution in [0.3, 0.4) is 0 Å². The highest BCUT2D eigenvalue weighted by atomic mass is 35.5. The Morgan fingerprint density at radius 2 is 1.90 bits per heavy atom. The van der Waals surface area contributed by atoms with Crippen LogP contribution in [0.5, 0.6) is 17.4 Å². The lowest BCUT2D eigenvalue weighted by Crippen LogP contribution is -2.13. The molecule has 0 aliphatic heterocycles. The van der Waals surface area contributed by atoms with E-state index in [1.54, 1.807) is 29.3 Å². The molecule has 1 aromatic heterocycles. The molecule has 0 N–H and O–H groups in total. The quantitative estimate of drug-likeness (QED) is 0.862. The van der Waals surface area contributed by atoms with Crippen molar-refractivity contribution in [2.24, 2.45) is 0 Å². The van der Waals surface area contributed by atoms with Gasteiger partial charge >= 0.3 is 0 Å². The van der Waals surface area contributed by atoms with E-state index in [0.29, 0.717) is 33.4 Å². The summed E-state index contributed by atoms with van der Waals surface area (Å²) < 4.78 is 10.9. The molecule has 0 spiro atoms. The van der Waals surface area contributed by atoms with Crippen molar-refractivity contribution in [1.29, 1.82) is 0 Å². The molecule has 2 aromatic rings. The first kappa shape index (κ1) is 14.7. The molecule has 0 saturated carbocycles. The molecular weight excluding hydrogens is 301 g/mol. The van der Waals surface area contributed by atoms with Crippen molar-refractivity contribution >= 4 is 29.2 Å². The van der Waals surface area contributed by atoms with Gasteiger partial charge in [0.15, 0.2) is 5.75 Å². The minimum absolute atomic E-state index is 0.310. The number of nitrogens with zero attached hydrogens (tertiary/aromatic N) is 3. The van der Waals surface area contributed by atoms with Crippen LogP contribution in [-0.4, -0.2) is 31.2 Å². The number of anilines is 1. The maximum atomic E-state index is 5.95. The highest BCUT2D eigenvalue weighted by Gasteiger charge is 2.12. The normalized spacial score (nSPS) is 10.2. The first-order valence-electron chi connectivity index (χ1n) is 5.72. The average molecular weight is 314 g/mol. The first-order valence-corrected chi connectivity index (χ1v) is 6.48. The van der Waals surface area contributed by atoms with E-state index < -0.39 is 0 Å². The predicted molar refractivity (Wildman–Crippen MR) is 79.4 cm³/mol. The number of hydrogen-bond donors (Lipinski definition) is 0. The second kappa shape index (κ2) is 6.15. The molecule has 0 bridgehead atoms. The molecule has 0 amide bonds. The fraction of sp³-hybridized carbons (Fsp3) is 0.231. The minimum Gasteiger partial charge on any atom is -0.490 e. The number of ether oxygens (including phenoxy) is 2. The summed E-state index contributed by atoms with van der Waals surface area (Å²) in [6.45, 7) is 0.